The van der Waals surface area contributed by atoms with Crippen LogP contribution >= 0.6 is 38.9 Å². The molecule has 0 spiro atoms. The van der Waals surface area contributed by atoms with Crippen LogP contribution in [-0.2, 0) is 0 Å². The number of hydrogen-bond donors (Lipinski definition) is 1. The second-order valence-electron chi connectivity index (χ2n) is 4.76. The van der Waals surface area contributed by atoms with Gasteiger partial charge in [-0.1, -0.05) is 38.9 Å². The molecule has 114 valence electrons. The van der Waals surface area contributed by atoms with Crippen LogP contribution in [0.15, 0.2) is 53.0 Å². The van der Waals surface area contributed by atoms with E-state index in [4.69, 9.17) is 11.6 Å². The number of fused-ring (bicyclic) bond motifs is 1. The van der Waals surface area contributed by atoms with Crippen molar-refractivity contribution >= 4 is 54.6 Å². The number of nitrogens with zero attached hydrogens (tertiary/aromatic N) is 4. The van der Waals surface area contributed by atoms with Crippen LogP contribution in [0, 0.1) is 0 Å². The lowest BCUT2D eigenvalue weighted by Crippen LogP contribution is -1.94. The number of hydrogen-bond acceptors (Lipinski definition) is 5. The Bertz CT molecular complexity index is 962. The van der Waals surface area contributed by atoms with Crippen molar-refractivity contribution in [3.63, 3.8) is 0 Å². The topological polar surface area (TPSA) is 55.1 Å². The Morgan fingerprint density at radius 3 is 2.48 bits per heavy atom. The first kappa shape index (κ1) is 14.6. The lowest BCUT2D eigenvalue weighted by Gasteiger charge is -2.01. The van der Waals surface area contributed by atoms with Gasteiger partial charge in [0.25, 0.3) is 0 Å². The standard InChI is InChI=1S/C15H9BrClN5S/c16-10-3-7-12(8-4-10)18-14-21-22-13(19-20-15(22)23-14)9-1-5-11(17)6-2-9/h1-8H,(H,18,21). The molecule has 0 saturated heterocycles. The van der Waals surface area contributed by atoms with E-state index in [0.717, 1.165) is 25.8 Å². The van der Waals surface area contributed by atoms with E-state index < -0.39 is 0 Å². The molecule has 4 rings (SSSR count). The van der Waals surface area contributed by atoms with Crippen molar-refractivity contribution in [2.24, 2.45) is 0 Å². The maximum absolute atomic E-state index is 5.93. The van der Waals surface area contributed by atoms with Crippen molar-refractivity contribution in [2.45, 2.75) is 0 Å². The lowest BCUT2D eigenvalue weighted by molar-refractivity contribution is 0.970. The number of anilines is 2. The molecule has 23 heavy (non-hydrogen) atoms. The van der Waals surface area contributed by atoms with E-state index in [1.807, 2.05) is 48.5 Å². The van der Waals surface area contributed by atoms with Gasteiger partial charge < -0.3 is 5.32 Å². The smallest absolute Gasteiger partial charge is 0.236 e. The highest BCUT2D eigenvalue weighted by atomic mass is 79.9. The second-order valence-corrected chi connectivity index (χ2v) is 7.07. The summed E-state index contributed by atoms with van der Waals surface area (Å²) >= 11 is 10.8. The van der Waals surface area contributed by atoms with Crippen molar-refractivity contribution in [3.8, 4) is 11.4 Å². The van der Waals surface area contributed by atoms with Gasteiger partial charge in [-0.25, -0.2) is 0 Å². The zero-order valence-corrected chi connectivity index (χ0v) is 14.7. The van der Waals surface area contributed by atoms with E-state index in [2.05, 4.69) is 36.5 Å². The van der Waals surface area contributed by atoms with Gasteiger partial charge in [-0.15, -0.1) is 15.3 Å². The molecule has 0 aliphatic carbocycles. The van der Waals surface area contributed by atoms with E-state index in [1.165, 1.54) is 11.3 Å². The summed E-state index contributed by atoms with van der Waals surface area (Å²) in [4.78, 5) is 0.731. The third kappa shape index (κ3) is 2.95. The van der Waals surface area contributed by atoms with Gasteiger partial charge in [-0.05, 0) is 48.5 Å². The summed E-state index contributed by atoms with van der Waals surface area (Å²) in [6.07, 6.45) is 0. The van der Waals surface area contributed by atoms with E-state index in [9.17, 15) is 0 Å². The Labute approximate surface area is 149 Å². The molecule has 5 nitrogen and oxygen atoms in total. The molecule has 2 aromatic carbocycles. The van der Waals surface area contributed by atoms with Crippen molar-refractivity contribution < 1.29 is 0 Å². The molecule has 0 unspecified atom stereocenters. The van der Waals surface area contributed by atoms with Gasteiger partial charge in [0.05, 0.1) is 0 Å². The molecule has 0 fully saturated rings. The molecule has 0 aliphatic rings. The fourth-order valence-electron chi connectivity index (χ4n) is 2.10. The van der Waals surface area contributed by atoms with Crippen molar-refractivity contribution in [3.05, 3.63) is 58.0 Å². The molecular formula is C15H9BrClN5S. The summed E-state index contributed by atoms with van der Waals surface area (Å²) in [5.41, 5.74) is 1.88. The Hall–Kier alpha value is -1.96. The number of benzene rings is 2. The molecule has 0 amide bonds. The number of rotatable bonds is 3. The number of halogens is 2. The predicted molar refractivity (Wildman–Crippen MR) is 96.5 cm³/mol. The number of nitrogens with one attached hydrogen (secondary N) is 1. The van der Waals surface area contributed by atoms with Gasteiger partial charge in [-0.3, -0.25) is 0 Å². The second kappa shape index (κ2) is 5.92. The molecule has 4 aromatic rings. The van der Waals surface area contributed by atoms with Gasteiger partial charge in [0.15, 0.2) is 5.82 Å². The minimum Gasteiger partial charge on any atom is -0.330 e. The average molecular weight is 407 g/mol. The summed E-state index contributed by atoms with van der Waals surface area (Å²) in [6, 6.07) is 15.4. The van der Waals surface area contributed by atoms with Crippen LogP contribution in [0.25, 0.3) is 16.3 Å². The fourth-order valence-corrected chi connectivity index (χ4v) is 3.25. The largest absolute Gasteiger partial charge is 0.330 e. The molecule has 0 radical (unpaired) electrons. The first-order chi connectivity index (χ1) is 11.2. The zero-order valence-electron chi connectivity index (χ0n) is 11.6. The lowest BCUT2D eigenvalue weighted by atomic mass is 10.2. The van der Waals surface area contributed by atoms with Gasteiger partial charge in [-0.2, -0.15) is 4.52 Å². The van der Waals surface area contributed by atoms with Crippen LogP contribution in [0.5, 0.6) is 0 Å². The maximum Gasteiger partial charge on any atom is 0.236 e. The van der Waals surface area contributed by atoms with E-state index in [1.54, 1.807) is 4.52 Å². The molecule has 8 heteroatoms. The molecule has 2 aromatic heterocycles. The van der Waals surface area contributed by atoms with Crippen molar-refractivity contribution in [1.82, 2.24) is 19.8 Å². The highest BCUT2D eigenvalue weighted by Crippen LogP contribution is 2.27. The SMILES string of the molecule is Clc1ccc(-c2nnc3sc(Nc4ccc(Br)cc4)nn23)cc1. The monoisotopic (exact) mass is 405 g/mol. The van der Waals surface area contributed by atoms with E-state index in [0.29, 0.717) is 10.8 Å². The minimum absolute atomic E-state index is 0.686. The van der Waals surface area contributed by atoms with Crippen LogP contribution < -0.4 is 5.32 Å². The predicted octanol–water partition coefficient (Wildman–Crippen LogP) is 5.01. The van der Waals surface area contributed by atoms with Crippen LogP contribution in [0.4, 0.5) is 10.8 Å². The first-order valence-electron chi connectivity index (χ1n) is 6.70. The summed E-state index contributed by atoms with van der Waals surface area (Å²) in [5, 5.41) is 17.6. The quantitative estimate of drug-likeness (QED) is 0.519. The Morgan fingerprint density at radius 1 is 1.00 bits per heavy atom. The van der Waals surface area contributed by atoms with Crippen molar-refractivity contribution in [1.29, 1.82) is 0 Å². The number of aromatic nitrogens is 4. The summed E-state index contributed by atoms with van der Waals surface area (Å²) in [6.45, 7) is 0. The minimum atomic E-state index is 0.686. The van der Waals surface area contributed by atoms with Crippen molar-refractivity contribution in [2.75, 3.05) is 5.32 Å². The Morgan fingerprint density at radius 2 is 1.74 bits per heavy atom. The summed E-state index contributed by atoms with van der Waals surface area (Å²) < 4.78 is 2.76. The highest BCUT2D eigenvalue weighted by Gasteiger charge is 2.13. The zero-order chi connectivity index (χ0) is 15.8. The molecule has 0 saturated carbocycles. The van der Waals surface area contributed by atoms with Crippen LogP contribution in [-0.4, -0.2) is 19.8 Å². The summed E-state index contributed by atoms with van der Waals surface area (Å²) in [5.74, 6) is 0.691. The molecule has 2 heterocycles. The first-order valence-corrected chi connectivity index (χ1v) is 8.68. The van der Waals surface area contributed by atoms with Crippen LogP contribution in [0.3, 0.4) is 0 Å². The van der Waals surface area contributed by atoms with Gasteiger partial charge in [0.2, 0.25) is 10.1 Å². The molecule has 0 atom stereocenters. The van der Waals surface area contributed by atoms with Crippen LogP contribution in [0.2, 0.25) is 5.02 Å². The Balaban J connectivity index is 1.68. The normalized spacial score (nSPS) is 11.0. The Kier molecular flexibility index (Phi) is 3.76. The molecule has 0 bridgehead atoms. The maximum atomic E-state index is 5.93. The van der Waals surface area contributed by atoms with Crippen LogP contribution in [0.1, 0.15) is 0 Å². The van der Waals surface area contributed by atoms with Gasteiger partial charge >= 0.3 is 0 Å². The third-order valence-corrected chi connectivity index (χ3v) is 4.78. The van der Waals surface area contributed by atoms with Gasteiger partial charge in [0, 0.05) is 20.7 Å². The molecule has 1 N–H and O–H groups in total. The third-order valence-electron chi connectivity index (χ3n) is 3.19. The van der Waals surface area contributed by atoms with E-state index >= 15 is 0 Å². The van der Waals surface area contributed by atoms with Gasteiger partial charge in [0.1, 0.15) is 0 Å². The average Bonchev–Trinajstić information content (AvgIpc) is 3.11. The highest BCUT2D eigenvalue weighted by molar-refractivity contribution is 9.10. The molecular weight excluding hydrogens is 398 g/mol. The van der Waals surface area contributed by atoms with E-state index in [-0.39, 0.29) is 0 Å². The molecule has 0 aliphatic heterocycles. The fraction of sp³-hybridized carbons (Fsp3) is 0. The summed E-state index contributed by atoms with van der Waals surface area (Å²) in [7, 11) is 0.